The Morgan fingerprint density at radius 1 is 1.00 bits per heavy atom. The van der Waals surface area contributed by atoms with E-state index in [2.05, 4.69) is 49.5 Å². The zero-order valence-electron chi connectivity index (χ0n) is 12.7. The summed E-state index contributed by atoms with van der Waals surface area (Å²) in [6.07, 6.45) is 3.75. The minimum atomic E-state index is 0.463. The van der Waals surface area contributed by atoms with Crippen LogP contribution in [-0.4, -0.2) is 6.04 Å². The fraction of sp³-hybridized carbons (Fsp3) is 0.368. The Balaban J connectivity index is 1.90. The van der Waals surface area contributed by atoms with Crippen molar-refractivity contribution < 1.29 is 0 Å². The van der Waals surface area contributed by atoms with Crippen molar-refractivity contribution in [2.75, 3.05) is 0 Å². The summed E-state index contributed by atoms with van der Waals surface area (Å²) in [6, 6.07) is 13.7. The van der Waals surface area contributed by atoms with Crippen molar-refractivity contribution in [3.63, 3.8) is 0 Å². The quantitative estimate of drug-likeness (QED) is 0.838. The van der Waals surface area contributed by atoms with E-state index in [1.165, 1.54) is 47.1 Å². The van der Waals surface area contributed by atoms with Crippen molar-refractivity contribution in [1.82, 2.24) is 5.32 Å². The molecule has 2 aromatic carbocycles. The second-order valence-corrected chi connectivity index (χ2v) is 6.59. The summed E-state index contributed by atoms with van der Waals surface area (Å²) in [5, 5.41) is 4.28. The molecule has 0 amide bonds. The molecule has 0 atom stereocenters. The SMILES string of the molecule is CC(C)NCc1cc(-c2ccc3c(c2)CCC3)ccc1Cl. The predicted octanol–water partition coefficient (Wildman–Crippen LogP) is 4.99. The standard InChI is InChI=1S/C19H22ClN/c1-13(2)21-12-18-11-17(8-9-19(18)20)16-7-6-14-4-3-5-15(14)10-16/h6-11,13,21H,3-5,12H2,1-2H3. The van der Waals surface area contributed by atoms with Crippen LogP contribution in [0.2, 0.25) is 5.02 Å². The molecule has 1 nitrogen and oxygen atoms in total. The zero-order valence-corrected chi connectivity index (χ0v) is 13.5. The Morgan fingerprint density at radius 2 is 1.71 bits per heavy atom. The Labute approximate surface area is 132 Å². The summed E-state index contributed by atoms with van der Waals surface area (Å²) in [7, 11) is 0. The molecule has 0 spiro atoms. The van der Waals surface area contributed by atoms with Crippen LogP contribution < -0.4 is 5.32 Å². The molecule has 21 heavy (non-hydrogen) atoms. The van der Waals surface area contributed by atoms with Crippen molar-refractivity contribution in [2.24, 2.45) is 0 Å². The highest BCUT2D eigenvalue weighted by Gasteiger charge is 2.12. The van der Waals surface area contributed by atoms with Gasteiger partial charge in [0.2, 0.25) is 0 Å². The summed E-state index contributed by atoms with van der Waals surface area (Å²) in [4.78, 5) is 0. The van der Waals surface area contributed by atoms with E-state index in [1.54, 1.807) is 0 Å². The molecule has 2 aromatic rings. The van der Waals surface area contributed by atoms with Gasteiger partial charge in [0, 0.05) is 17.6 Å². The van der Waals surface area contributed by atoms with Crippen LogP contribution in [-0.2, 0) is 19.4 Å². The number of hydrogen-bond acceptors (Lipinski definition) is 1. The molecule has 0 saturated heterocycles. The average molecular weight is 300 g/mol. The smallest absolute Gasteiger partial charge is 0.0451 e. The first-order valence-electron chi connectivity index (χ1n) is 7.77. The van der Waals surface area contributed by atoms with Crippen molar-refractivity contribution in [2.45, 2.75) is 45.7 Å². The fourth-order valence-corrected chi connectivity index (χ4v) is 3.14. The van der Waals surface area contributed by atoms with Crippen LogP contribution in [0.3, 0.4) is 0 Å². The van der Waals surface area contributed by atoms with Crippen LogP contribution in [0.25, 0.3) is 11.1 Å². The van der Waals surface area contributed by atoms with Gasteiger partial charge in [0.1, 0.15) is 0 Å². The average Bonchev–Trinajstić information content (AvgIpc) is 2.93. The normalized spacial score (nSPS) is 13.7. The molecule has 0 saturated carbocycles. The molecule has 3 rings (SSSR count). The lowest BCUT2D eigenvalue weighted by Gasteiger charge is -2.12. The first-order chi connectivity index (χ1) is 10.1. The third kappa shape index (κ3) is 3.30. The summed E-state index contributed by atoms with van der Waals surface area (Å²) < 4.78 is 0. The summed E-state index contributed by atoms with van der Waals surface area (Å²) in [6.45, 7) is 5.12. The van der Waals surface area contributed by atoms with Gasteiger partial charge in [-0.15, -0.1) is 0 Å². The molecule has 2 heteroatoms. The van der Waals surface area contributed by atoms with Crippen LogP contribution in [0.5, 0.6) is 0 Å². The van der Waals surface area contributed by atoms with E-state index in [-0.39, 0.29) is 0 Å². The number of halogens is 1. The maximum Gasteiger partial charge on any atom is 0.0451 e. The monoisotopic (exact) mass is 299 g/mol. The van der Waals surface area contributed by atoms with Gasteiger partial charge in [0.15, 0.2) is 0 Å². The zero-order chi connectivity index (χ0) is 14.8. The van der Waals surface area contributed by atoms with Gasteiger partial charge in [-0.2, -0.15) is 0 Å². The van der Waals surface area contributed by atoms with Gasteiger partial charge in [-0.05, 0) is 59.2 Å². The van der Waals surface area contributed by atoms with Crippen molar-refractivity contribution in [1.29, 1.82) is 0 Å². The van der Waals surface area contributed by atoms with Crippen molar-refractivity contribution in [3.05, 3.63) is 58.1 Å². The first kappa shape index (κ1) is 14.6. The molecule has 0 bridgehead atoms. The number of aryl methyl sites for hydroxylation is 2. The number of hydrogen-bond donors (Lipinski definition) is 1. The van der Waals surface area contributed by atoms with Gasteiger partial charge in [-0.25, -0.2) is 0 Å². The molecule has 0 unspecified atom stereocenters. The van der Waals surface area contributed by atoms with E-state index in [1.807, 2.05) is 6.07 Å². The van der Waals surface area contributed by atoms with Crippen molar-refractivity contribution >= 4 is 11.6 Å². The minimum absolute atomic E-state index is 0.463. The number of nitrogens with one attached hydrogen (secondary N) is 1. The molecule has 1 aliphatic rings. The third-order valence-corrected chi connectivity index (χ3v) is 4.55. The molecule has 110 valence electrons. The maximum atomic E-state index is 6.32. The van der Waals surface area contributed by atoms with Crippen LogP contribution in [0.15, 0.2) is 36.4 Å². The molecule has 1 N–H and O–H groups in total. The summed E-state index contributed by atoms with van der Waals surface area (Å²) >= 11 is 6.32. The first-order valence-corrected chi connectivity index (χ1v) is 8.15. The molecule has 0 heterocycles. The molecular formula is C19H22ClN. The fourth-order valence-electron chi connectivity index (χ4n) is 2.96. The lowest BCUT2D eigenvalue weighted by atomic mass is 9.99. The molecule has 0 aromatic heterocycles. The Hall–Kier alpha value is -1.31. The van der Waals surface area contributed by atoms with E-state index < -0.39 is 0 Å². The van der Waals surface area contributed by atoms with Crippen LogP contribution in [0.4, 0.5) is 0 Å². The van der Waals surface area contributed by atoms with Gasteiger partial charge >= 0.3 is 0 Å². The molecule has 0 radical (unpaired) electrons. The van der Waals surface area contributed by atoms with E-state index in [4.69, 9.17) is 11.6 Å². The minimum Gasteiger partial charge on any atom is -0.310 e. The number of fused-ring (bicyclic) bond motifs is 1. The van der Waals surface area contributed by atoms with E-state index in [0.29, 0.717) is 6.04 Å². The topological polar surface area (TPSA) is 12.0 Å². The van der Waals surface area contributed by atoms with Gasteiger partial charge in [-0.3, -0.25) is 0 Å². The van der Waals surface area contributed by atoms with Gasteiger partial charge in [0.25, 0.3) is 0 Å². The lowest BCUT2D eigenvalue weighted by molar-refractivity contribution is 0.589. The van der Waals surface area contributed by atoms with Crippen molar-refractivity contribution in [3.8, 4) is 11.1 Å². The second-order valence-electron chi connectivity index (χ2n) is 6.18. The summed E-state index contributed by atoms with van der Waals surface area (Å²) in [5.41, 5.74) is 6.77. The summed E-state index contributed by atoms with van der Waals surface area (Å²) in [5.74, 6) is 0. The van der Waals surface area contributed by atoms with Gasteiger partial charge in [0.05, 0.1) is 0 Å². The Morgan fingerprint density at radius 3 is 2.52 bits per heavy atom. The Bertz CT molecular complexity index is 646. The maximum absolute atomic E-state index is 6.32. The highest BCUT2D eigenvalue weighted by Crippen LogP contribution is 2.30. The van der Waals surface area contributed by atoms with Gasteiger partial charge in [-0.1, -0.05) is 49.7 Å². The predicted molar refractivity (Wildman–Crippen MR) is 90.9 cm³/mol. The van der Waals surface area contributed by atoms with Crippen LogP contribution in [0.1, 0.15) is 37.0 Å². The van der Waals surface area contributed by atoms with E-state index >= 15 is 0 Å². The van der Waals surface area contributed by atoms with Gasteiger partial charge < -0.3 is 5.32 Å². The number of rotatable bonds is 4. The largest absolute Gasteiger partial charge is 0.310 e. The molecule has 0 fully saturated rings. The van der Waals surface area contributed by atoms with E-state index in [0.717, 1.165) is 11.6 Å². The number of benzene rings is 2. The van der Waals surface area contributed by atoms with Crippen LogP contribution >= 0.6 is 11.6 Å². The highest BCUT2D eigenvalue weighted by molar-refractivity contribution is 6.31. The molecule has 0 aliphatic heterocycles. The second kappa shape index (κ2) is 6.21. The lowest BCUT2D eigenvalue weighted by Crippen LogP contribution is -2.21. The Kier molecular flexibility index (Phi) is 4.32. The van der Waals surface area contributed by atoms with Crippen LogP contribution in [0, 0.1) is 0 Å². The third-order valence-electron chi connectivity index (χ3n) is 4.18. The highest BCUT2D eigenvalue weighted by atomic mass is 35.5. The molecule has 1 aliphatic carbocycles. The molecular weight excluding hydrogens is 278 g/mol. The van der Waals surface area contributed by atoms with E-state index in [9.17, 15) is 0 Å².